The van der Waals surface area contributed by atoms with Gasteiger partial charge in [-0.15, -0.1) is 11.3 Å². The normalized spacial score (nSPS) is 13.4. The van der Waals surface area contributed by atoms with Crippen LogP contribution in [-0.4, -0.2) is 30.8 Å². The predicted octanol–water partition coefficient (Wildman–Crippen LogP) is 2.79. The second-order valence-electron chi connectivity index (χ2n) is 3.88. The Kier molecular flexibility index (Phi) is 5.60. The van der Waals surface area contributed by atoms with Crippen molar-refractivity contribution in [3.63, 3.8) is 0 Å². The lowest BCUT2D eigenvalue weighted by Crippen LogP contribution is -2.27. The summed E-state index contributed by atoms with van der Waals surface area (Å²) in [5.41, 5.74) is 0. The first-order valence-electron chi connectivity index (χ1n) is 5.04. The molecule has 0 aliphatic carbocycles. The fourth-order valence-corrected chi connectivity index (χ4v) is 2.25. The van der Waals surface area contributed by atoms with E-state index in [9.17, 15) is 0 Å². The van der Waals surface area contributed by atoms with Gasteiger partial charge in [0.15, 0.2) is 0 Å². The quantitative estimate of drug-likeness (QED) is 0.734. The highest BCUT2D eigenvalue weighted by Crippen LogP contribution is 2.10. The van der Waals surface area contributed by atoms with E-state index in [1.54, 1.807) is 0 Å². The SMILES string of the molecule is CC(CS)CN(C)CCc1cccs1. The number of hydrogen-bond acceptors (Lipinski definition) is 3. The van der Waals surface area contributed by atoms with E-state index in [-0.39, 0.29) is 0 Å². The maximum atomic E-state index is 4.29. The summed E-state index contributed by atoms with van der Waals surface area (Å²) >= 11 is 6.14. The van der Waals surface area contributed by atoms with E-state index in [0.717, 1.165) is 18.8 Å². The van der Waals surface area contributed by atoms with Gasteiger partial charge in [-0.05, 0) is 36.6 Å². The molecule has 0 aliphatic heterocycles. The van der Waals surface area contributed by atoms with Gasteiger partial charge in [-0.25, -0.2) is 0 Å². The van der Waals surface area contributed by atoms with E-state index in [1.807, 2.05) is 11.3 Å². The summed E-state index contributed by atoms with van der Waals surface area (Å²) in [7, 11) is 2.19. The molecule has 0 bridgehead atoms. The molecule has 0 N–H and O–H groups in total. The molecule has 1 atom stereocenters. The van der Waals surface area contributed by atoms with Crippen LogP contribution in [0.5, 0.6) is 0 Å². The van der Waals surface area contributed by atoms with E-state index in [0.29, 0.717) is 5.92 Å². The number of thiophene rings is 1. The Labute approximate surface area is 96.5 Å². The standard InChI is InChI=1S/C11H19NS2/c1-10(9-13)8-12(2)6-5-11-4-3-7-14-11/h3-4,7,10,13H,5-6,8-9H2,1-2H3. The van der Waals surface area contributed by atoms with Crippen LogP contribution in [0.1, 0.15) is 11.8 Å². The van der Waals surface area contributed by atoms with Crippen molar-refractivity contribution in [2.45, 2.75) is 13.3 Å². The minimum atomic E-state index is 0.687. The molecule has 0 saturated carbocycles. The van der Waals surface area contributed by atoms with Gasteiger partial charge in [-0.2, -0.15) is 12.6 Å². The summed E-state index contributed by atoms with van der Waals surface area (Å²) in [6, 6.07) is 4.33. The lowest BCUT2D eigenvalue weighted by Gasteiger charge is -2.19. The van der Waals surface area contributed by atoms with Crippen molar-refractivity contribution in [3.05, 3.63) is 22.4 Å². The van der Waals surface area contributed by atoms with Crippen molar-refractivity contribution in [2.75, 3.05) is 25.9 Å². The lowest BCUT2D eigenvalue weighted by atomic mass is 10.2. The predicted molar refractivity (Wildman–Crippen MR) is 68.5 cm³/mol. The molecule has 3 heteroatoms. The van der Waals surface area contributed by atoms with Gasteiger partial charge in [0.05, 0.1) is 0 Å². The van der Waals surface area contributed by atoms with E-state index in [1.165, 1.54) is 11.3 Å². The van der Waals surface area contributed by atoms with Crippen LogP contribution < -0.4 is 0 Å². The van der Waals surface area contributed by atoms with Gasteiger partial charge in [0.25, 0.3) is 0 Å². The van der Waals surface area contributed by atoms with E-state index in [2.05, 4.69) is 49.0 Å². The summed E-state index contributed by atoms with van der Waals surface area (Å²) in [5, 5.41) is 2.14. The number of thiol groups is 1. The highest BCUT2D eigenvalue weighted by atomic mass is 32.1. The Morgan fingerprint density at radius 1 is 1.57 bits per heavy atom. The largest absolute Gasteiger partial charge is 0.306 e. The molecule has 0 aliphatic rings. The molecule has 1 heterocycles. The van der Waals surface area contributed by atoms with E-state index >= 15 is 0 Å². The first-order chi connectivity index (χ1) is 6.72. The monoisotopic (exact) mass is 229 g/mol. The molecule has 0 spiro atoms. The van der Waals surface area contributed by atoms with Crippen molar-refractivity contribution in [1.82, 2.24) is 4.90 Å². The Balaban J connectivity index is 2.18. The molecule has 0 saturated heterocycles. The fourth-order valence-electron chi connectivity index (χ4n) is 1.44. The summed E-state index contributed by atoms with van der Waals surface area (Å²) in [5.74, 6) is 1.66. The summed E-state index contributed by atoms with van der Waals surface area (Å²) < 4.78 is 0. The Morgan fingerprint density at radius 2 is 2.36 bits per heavy atom. The maximum absolute atomic E-state index is 4.29. The molecular weight excluding hydrogens is 210 g/mol. The molecule has 0 radical (unpaired) electrons. The van der Waals surface area contributed by atoms with Gasteiger partial charge in [0, 0.05) is 18.0 Å². The van der Waals surface area contributed by atoms with Crippen molar-refractivity contribution in [1.29, 1.82) is 0 Å². The summed E-state index contributed by atoms with van der Waals surface area (Å²) in [4.78, 5) is 3.87. The zero-order valence-corrected chi connectivity index (χ0v) is 10.7. The minimum Gasteiger partial charge on any atom is -0.306 e. The van der Waals surface area contributed by atoms with Gasteiger partial charge in [-0.3, -0.25) is 0 Å². The molecule has 1 nitrogen and oxygen atoms in total. The Hall–Kier alpha value is 0.01000. The molecule has 0 fully saturated rings. The lowest BCUT2D eigenvalue weighted by molar-refractivity contribution is 0.302. The average molecular weight is 229 g/mol. The fraction of sp³-hybridized carbons (Fsp3) is 0.636. The summed E-state index contributed by atoms with van der Waals surface area (Å²) in [6.45, 7) is 4.54. The third-order valence-corrected chi connectivity index (χ3v) is 3.81. The second kappa shape index (κ2) is 6.49. The zero-order valence-electron chi connectivity index (χ0n) is 8.94. The van der Waals surface area contributed by atoms with Crippen molar-refractivity contribution < 1.29 is 0 Å². The number of nitrogens with zero attached hydrogens (tertiary/aromatic N) is 1. The smallest absolute Gasteiger partial charge is 0.00579 e. The highest BCUT2D eigenvalue weighted by molar-refractivity contribution is 7.80. The van der Waals surface area contributed by atoms with Crippen LogP contribution in [0, 0.1) is 5.92 Å². The Bertz CT molecular complexity index is 233. The molecule has 1 aromatic heterocycles. The Morgan fingerprint density at radius 3 is 2.93 bits per heavy atom. The summed E-state index contributed by atoms with van der Waals surface area (Å²) in [6.07, 6.45) is 1.17. The average Bonchev–Trinajstić information content (AvgIpc) is 2.67. The number of hydrogen-bond donors (Lipinski definition) is 1. The molecule has 1 unspecified atom stereocenters. The van der Waals surface area contributed by atoms with Crippen LogP contribution >= 0.6 is 24.0 Å². The molecule has 14 heavy (non-hydrogen) atoms. The van der Waals surface area contributed by atoms with Crippen molar-refractivity contribution >= 4 is 24.0 Å². The molecule has 1 rings (SSSR count). The second-order valence-corrected chi connectivity index (χ2v) is 5.28. The van der Waals surface area contributed by atoms with Gasteiger partial charge in [-0.1, -0.05) is 13.0 Å². The van der Waals surface area contributed by atoms with Crippen LogP contribution in [0.2, 0.25) is 0 Å². The van der Waals surface area contributed by atoms with E-state index < -0.39 is 0 Å². The third kappa shape index (κ3) is 4.49. The van der Waals surface area contributed by atoms with Crippen LogP contribution in [-0.2, 0) is 6.42 Å². The molecule has 80 valence electrons. The minimum absolute atomic E-state index is 0.687. The molecule has 0 aromatic carbocycles. The molecular formula is C11H19NS2. The van der Waals surface area contributed by atoms with Gasteiger partial charge < -0.3 is 4.90 Å². The van der Waals surface area contributed by atoms with Crippen LogP contribution in [0.3, 0.4) is 0 Å². The first-order valence-corrected chi connectivity index (χ1v) is 6.55. The van der Waals surface area contributed by atoms with Gasteiger partial charge >= 0.3 is 0 Å². The topological polar surface area (TPSA) is 3.24 Å². The van der Waals surface area contributed by atoms with Gasteiger partial charge in [0.2, 0.25) is 0 Å². The van der Waals surface area contributed by atoms with Crippen molar-refractivity contribution in [3.8, 4) is 0 Å². The van der Waals surface area contributed by atoms with Crippen LogP contribution in [0.25, 0.3) is 0 Å². The highest BCUT2D eigenvalue weighted by Gasteiger charge is 2.04. The number of rotatable bonds is 6. The van der Waals surface area contributed by atoms with Gasteiger partial charge in [0.1, 0.15) is 0 Å². The van der Waals surface area contributed by atoms with Crippen LogP contribution in [0.4, 0.5) is 0 Å². The van der Waals surface area contributed by atoms with Crippen LogP contribution in [0.15, 0.2) is 17.5 Å². The third-order valence-electron chi connectivity index (χ3n) is 2.26. The molecule has 1 aromatic rings. The maximum Gasteiger partial charge on any atom is 0.00579 e. The zero-order chi connectivity index (χ0) is 10.4. The van der Waals surface area contributed by atoms with Crippen molar-refractivity contribution in [2.24, 2.45) is 5.92 Å². The molecule has 0 amide bonds. The number of likely N-dealkylation sites (N-methyl/N-ethyl adjacent to an activating group) is 1. The van der Waals surface area contributed by atoms with E-state index in [4.69, 9.17) is 0 Å². The first kappa shape index (κ1) is 12.1.